The van der Waals surface area contributed by atoms with Crippen molar-refractivity contribution in [1.29, 1.82) is 0 Å². The predicted molar refractivity (Wildman–Crippen MR) is 94.2 cm³/mol. The number of nitrogens with zero attached hydrogens (tertiary/aromatic N) is 2. The van der Waals surface area contributed by atoms with Crippen molar-refractivity contribution in [3.8, 4) is 5.75 Å². The molecule has 0 atom stereocenters. The van der Waals surface area contributed by atoms with E-state index in [1.807, 2.05) is 12.1 Å². The molecule has 1 aliphatic heterocycles. The molecule has 0 bridgehead atoms. The van der Waals surface area contributed by atoms with Crippen molar-refractivity contribution in [3.63, 3.8) is 0 Å². The minimum Gasteiger partial charge on any atom is -0.508 e. The van der Waals surface area contributed by atoms with E-state index in [0.29, 0.717) is 19.8 Å². The number of ether oxygens (including phenoxy) is 1. The van der Waals surface area contributed by atoms with Crippen LogP contribution in [0.2, 0.25) is 0 Å². The zero-order valence-corrected chi connectivity index (χ0v) is 13.6. The summed E-state index contributed by atoms with van der Waals surface area (Å²) in [7, 11) is 0. The van der Waals surface area contributed by atoms with E-state index in [0.717, 1.165) is 36.4 Å². The fourth-order valence-electron chi connectivity index (χ4n) is 2.78. The molecule has 0 saturated carbocycles. The van der Waals surface area contributed by atoms with E-state index in [1.54, 1.807) is 12.1 Å². The van der Waals surface area contributed by atoms with Crippen LogP contribution in [0.25, 0.3) is 10.8 Å². The number of hydrogen-bond donors (Lipinski definition) is 3. The maximum absolute atomic E-state index is 9.52. The Balaban J connectivity index is 1.55. The average Bonchev–Trinajstić information content (AvgIpc) is 3.04. The molecule has 0 radical (unpaired) electrons. The van der Waals surface area contributed by atoms with Crippen molar-refractivity contribution in [2.45, 2.75) is 6.54 Å². The van der Waals surface area contributed by atoms with Crippen LogP contribution < -0.4 is 5.32 Å². The highest BCUT2D eigenvalue weighted by atomic mass is 16.5. The van der Waals surface area contributed by atoms with Crippen molar-refractivity contribution in [1.82, 2.24) is 10.2 Å². The van der Waals surface area contributed by atoms with Crippen molar-refractivity contribution >= 4 is 16.7 Å². The highest BCUT2D eigenvalue weighted by Crippen LogP contribution is 2.21. The van der Waals surface area contributed by atoms with Crippen LogP contribution in [-0.4, -0.2) is 60.5 Å². The largest absolute Gasteiger partial charge is 0.508 e. The first-order valence-corrected chi connectivity index (χ1v) is 8.20. The fraction of sp³-hybridized carbons (Fsp3) is 0.389. The van der Waals surface area contributed by atoms with Gasteiger partial charge < -0.3 is 25.2 Å². The number of phenols is 1. The molecule has 24 heavy (non-hydrogen) atoms. The van der Waals surface area contributed by atoms with Crippen LogP contribution in [0.3, 0.4) is 0 Å². The summed E-state index contributed by atoms with van der Waals surface area (Å²) in [5.41, 5.74) is 1.17. The number of nitrogens with one attached hydrogen (secondary N) is 1. The number of guanidine groups is 1. The number of aliphatic hydroxyl groups excluding tert-OH is 1. The van der Waals surface area contributed by atoms with Gasteiger partial charge >= 0.3 is 0 Å². The van der Waals surface area contributed by atoms with Gasteiger partial charge in [-0.15, -0.1) is 0 Å². The zero-order chi connectivity index (χ0) is 16.8. The Hall–Kier alpha value is -2.31. The Morgan fingerprint density at radius 1 is 1.12 bits per heavy atom. The number of rotatable bonds is 7. The first-order chi connectivity index (χ1) is 11.8. The Bertz CT molecular complexity index is 718. The second-order valence-electron chi connectivity index (χ2n) is 5.75. The van der Waals surface area contributed by atoms with Gasteiger partial charge in [0.15, 0.2) is 5.96 Å². The summed E-state index contributed by atoms with van der Waals surface area (Å²) in [4.78, 5) is 6.66. The molecule has 0 aromatic heterocycles. The van der Waals surface area contributed by atoms with Crippen LogP contribution in [0.15, 0.2) is 41.4 Å². The molecule has 0 spiro atoms. The monoisotopic (exact) mass is 329 g/mol. The highest BCUT2D eigenvalue weighted by molar-refractivity contribution is 5.85. The molecule has 6 heteroatoms. The van der Waals surface area contributed by atoms with Crippen LogP contribution in [0.4, 0.5) is 0 Å². The lowest BCUT2D eigenvalue weighted by atomic mass is 10.1. The number of hydrogen-bond acceptors (Lipinski definition) is 6. The summed E-state index contributed by atoms with van der Waals surface area (Å²) in [6.45, 7) is 4.16. The maximum atomic E-state index is 9.52. The molecule has 0 aliphatic carbocycles. The van der Waals surface area contributed by atoms with Crippen LogP contribution in [0.5, 0.6) is 5.75 Å². The van der Waals surface area contributed by atoms with Gasteiger partial charge in [0, 0.05) is 19.6 Å². The van der Waals surface area contributed by atoms with Crippen molar-refractivity contribution in [2.75, 3.05) is 39.5 Å². The van der Waals surface area contributed by atoms with Crippen LogP contribution in [0, 0.1) is 0 Å². The highest BCUT2D eigenvalue weighted by Gasteiger charge is 2.16. The van der Waals surface area contributed by atoms with Gasteiger partial charge in [0.25, 0.3) is 0 Å². The van der Waals surface area contributed by atoms with E-state index >= 15 is 0 Å². The van der Waals surface area contributed by atoms with E-state index in [-0.39, 0.29) is 12.4 Å². The standard InChI is InChI=1S/C18H23N3O3/c22-8-10-24-9-7-21-6-5-19-18(21)20-13-14-1-2-16-12-17(23)4-3-15(16)11-14/h1-4,11-12,22-23H,5-10,13H2,(H,19,20). The van der Waals surface area contributed by atoms with Crippen LogP contribution in [-0.2, 0) is 11.3 Å². The molecule has 6 nitrogen and oxygen atoms in total. The van der Waals surface area contributed by atoms with Crippen LogP contribution >= 0.6 is 0 Å². The summed E-state index contributed by atoms with van der Waals surface area (Å²) in [6.07, 6.45) is 0. The molecule has 0 fully saturated rings. The molecule has 3 N–H and O–H groups in total. The SMILES string of the molecule is OCCOCCN1CCN=C1NCc1ccc2cc(O)ccc2c1. The van der Waals surface area contributed by atoms with Gasteiger partial charge in [-0.3, -0.25) is 4.99 Å². The minimum atomic E-state index is 0.0545. The summed E-state index contributed by atoms with van der Waals surface area (Å²) >= 11 is 0. The van der Waals surface area contributed by atoms with E-state index in [1.165, 1.54) is 5.56 Å². The number of benzene rings is 2. The number of fused-ring (bicyclic) bond motifs is 1. The Morgan fingerprint density at radius 2 is 1.96 bits per heavy atom. The first kappa shape index (κ1) is 16.5. The number of phenolic OH excluding ortho intramolecular Hbond substituents is 1. The minimum absolute atomic E-state index is 0.0545. The Morgan fingerprint density at radius 3 is 2.83 bits per heavy atom. The van der Waals surface area contributed by atoms with Gasteiger partial charge in [0.05, 0.1) is 26.4 Å². The summed E-state index contributed by atoms with van der Waals surface area (Å²) in [6, 6.07) is 11.6. The molecular weight excluding hydrogens is 306 g/mol. The predicted octanol–water partition coefficient (Wildman–Crippen LogP) is 1.32. The lowest BCUT2D eigenvalue weighted by Crippen LogP contribution is -2.40. The van der Waals surface area contributed by atoms with E-state index in [2.05, 4.69) is 27.3 Å². The van der Waals surface area contributed by atoms with E-state index < -0.39 is 0 Å². The van der Waals surface area contributed by atoms with Gasteiger partial charge in [-0.2, -0.15) is 0 Å². The molecule has 2 aromatic rings. The average molecular weight is 329 g/mol. The van der Waals surface area contributed by atoms with Gasteiger partial charge in [-0.1, -0.05) is 18.2 Å². The number of aliphatic hydroxyl groups is 1. The molecular formula is C18H23N3O3. The molecule has 0 unspecified atom stereocenters. The second kappa shape index (κ2) is 7.99. The van der Waals surface area contributed by atoms with E-state index in [9.17, 15) is 5.11 Å². The summed E-state index contributed by atoms with van der Waals surface area (Å²) in [5.74, 6) is 1.18. The van der Waals surface area contributed by atoms with Gasteiger partial charge in [-0.25, -0.2) is 0 Å². The Labute approximate surface area is 141 Å². The molecule has 1 aliphatic rings. The first-order valence-electron chi connectivity index (χ1n) is 8.20. The van der Waals surface area contributed by atoms with Crippen molar-refractivity contribution in [2.24, 2.45) is 4.99 Å². The zero-order valence-electron chi connectivity index (χ0n) is 13.6. The van der Waals surface area contributed by atoms with Gasteiger partial charge in [0.1, 0.15) is 5.75 Å². The van der Waals surface area contributed by atoms with Crippen LogP contribution in [0.1, 0.15) is 5.56 Å². The topological polar surface area (TPSA) is 77.3 Å². The third-order valence-corrected chi connectivity index (χ3v) is 4.01. The third-order valence-electron chi connectivity index (χ3n) is 4.01. The fourth-order valence-corrected chi connectivity index (χ4v) is 2.78. The quantitative estimate of drug-likeness (QED) is 0.668. The Kier molecular flexibility index (Phi) is 5.51. The van der Waals surface area contributed by atoms with E-state index in [4.69, 9.17) is 9.84 Å². The molecule has 128 valence electrons. The van der Waals surface area contributed by atoms with Crippen molar-refractivity contribution < 1.29 is 14.9 Å². The number of aromatic hydroxyl groups is 1. The van der Waals surface area contributed by atoms with Gasteiger partial charge in [0.2, 0.25) is 0 Å². The lowest BCUT2D eigenvalue weighted by Gasteiger charge is -2.21. The molecule has 0 amide bonds. The normalized spacial score (nSPS) is 14.2. The molecule has 0 saturated heterocycles. The molecule has 1 heterocycles. The second-order valence-corrected chi connectivity index (χ2v) is 5.75. The number of aliphatic imine (C=N–C) groups is 1. The lowest BCUT2D eigenvalue weighted by molar-refractivity contribution is 0.0849. The summed E-state index contributed by atoms with van der Waals surface area (Å²) < 4.78 is 5.32. The maximum Gasteiger partial charge on any atom is 0.194 e. The molecule has 3 rings (SSSR count). The van der Waals surface area contributed by atoms with Crippen molar-refractivity contribution in [3.05, 3.63) is 42.0 Å². The summed E-state index contributed by atoms with van der Waals surface area (Å²) in [5, 5.41) is 23.8. The molecule has 2 aromatic carbocycles. The smallest absolute Gasteiger partial charge is 0.194 e. The van der Waals surface area contributed by atoms with Gasteiger partial charge in [-0.05, 0) is 34.5 Å². The third kappa shape index (κ3) is 4.15.